The summed E-state index contributed by atoms with van der Waals surface area (Å²) in [5.74, 6) is 1.02. The average molecular weight is 360 g/mol. The van der Waals surface area contributed by atoms with Crippen LogP contribution < -0.4 is 4.90 Å². The van der Waals surface area contributed by atoms with Crippen molar-refractivity contribution in [3.8, 4) is 11.3 Å². The second-order valence-electron chi connectivity index (χ2n) is 8.09. The van der Waals surface area contributed by atoms with Gasteiger partial charge in [-0.3, -0.25) is 0 Å². The molecule has 0 N–H and O–H groups in total. The van der Waals surface area contributed by atoms with Gasteiger partial charge in [0.2, 0.25) is 0 Å². The van der Waals surface area contributed by atoms with E-state index in [-0.39, 0.29) is 0 Å². The van der Waals surface area contributed by atoms with Gasteiger partial charge in [0.25, 0.3) is 0 Å². The number of benzene rings is 2. The number of aryl methyl sites for hydroxylation is 3. The highest BCUT2D eigenvalue weighted by atomic mass is 15.3. The normalized spacial score (nSPS) is 15.3. The number of hydrogen-bond acceptors (Lipinski definition) is 3. The van der Waals surface area contributed by atoms with Crippen molar-refractivity contribution < 1.29 is 0 Å². The Kier molecular flexibility index (Phi) is 4.86. The van der Waals surface area contributed by atoms with Crippen molar-refractivity contribution in [3.63, 3.8) is 0 Å². The van der Waals surface area contributed by atoms with E-state index in [0.717, 1.165) is 11.5 Å². The molecular formula is C24H29N3. The van der Waals surface area contributed by atoms with Crippen molar-refractivity contribution in [3.05, 3.63) is 53.1 Å². The largest absolute Gasteiger partial charge is 0.355 e. The molecule has 0 radical (unpaired) electrons. The van der Waals surface area contributed by atoms with Crippen LogP contribution in [0.15, 0.2) is 36.4 Å². The molecule has 0 unspecified atom stereocenters. The van der Waals surface area contributed by atoms with Crippen LogP contribution in [0, 0.1) is 20.8 Å². The predicted octanol–water partition coefficient (Wildman–Crippen LogP) is 5.99. The highest BCUT2D eigenvalue weighted by molar-refractivity contribution is 6.01. The molecule has 3 heteroatoms. The van der Waals surface area contributed by atoms with E-state index in [0.29, 0.717) is 6.04 Å². The highest BCUT2D eigenvalue weighted by Gasteiger charge is 2.22. The molecule has 1 fully saturated rings. The number of fused-ring (bicyclic) bond motifs is 1. The minimum atomic E-state index is 0.574. The van der Waals surface area contributed by atoms with Crippen molar-refractivity contribution >= 4 is 16.6 Å². The maximum atomic E-state index is 4.75. The van der Waals surface area contributed by atoms with Gasteiger partial charge in [-0.1, -0.05) is 61.2 Å². The summed E-state index contributed by atoms with van der Waals surface area (Å²) in [4.78, 5) is 2.37. The van der Waals surface area contributed by atoms with Crippen LogP contribution >= 0.6 is 0 Å². The summed E-state index contributed by atoms with van der Waals surface area (Å²) in [6.45, 7) is 6.50. The lowest BCUT2D eigenvalue weighted by atomic mass is 9.93. The van der Waals surface area contributed by atoms with Crippen LogP contribution in [0.5, 0.6) is 0 Å². The van der Waals surface area contributed by atoms with Crippen LogP contribution in [0.3, 0.4) is 0 Å². The SMILES string of the molecule is Cc1cc(C)c(-c2nnc(N(C)C3CCCCC3)c3ccccc23)c(C)c1. The Balaban J connectivity index is 1.86. The van der Waals surface area contributed by atoms with Gasteiger partial charge >= 0.3 is 0 Å². The first-order chi connectivity index (χ1) is 13.1. The summed E-state index contributed by atoms with van der Waals surface area (Å²) in [5, 5.41) is 11.9. The molecule has 1 saturated carbocycles. The van der Waals surface area contributed by atoms with E-state index < -0.39 is 0 Å². The lowest BCUT2D eigenvalue weighted by molar-refractivity contribution is 0.426. The Morgan fingerprint density at radius 1 is 0.852 bits per heavy atom. The molecule has 0 amide bonds. The number of aromatic nitrogens is 2. The van der Waals surface area contributed by atoms with Gasteiger partial charge in [0, 0.05) is 29.4 Å². The zero-order chi connectivity index (χ0) is 19.0. The molecule has 0 saturated heterocycles. The Hall–Kier alpha value is -2.42. The summed E-state index contributed by atoms with van der Waals surface area (Å²) in [6, 6.07) is 13.7. The topological polar surface area (TPSA) is 29.0 Å². The molecule has 27 heavy (non-hydrogen) atoms. The lowest BCUT2D eigenvalue weighted by Gasteiger charge is -2.32. The maximum absolute atomic E-state index is 4.75. The molecule has 1 heterocycles. The summed E-state index contributed by atoms with van der Waals surface area (Å²) < 4.78 is 0. The minimum Gasteiger partial charge on any atom is -0.355 e. The Bertz CT molecular complexity index is 948. The molecular weight excluding hydrogens is 330 g/mol. The molecule has 1 aromatic heterocycles. The molecule has 0 atom stereocenters. The molecule has 0 aliphatic heterocycles. The van der Waals surface area contributed by atoms with Crippen molar-refractivity contribution in [1.82, 2.24) is 10.2 Å². The van der Waals surface area contributed by atoms with Gasteiger partial charge in [0.15, 0.2) is 5.82 Å². The Morgan fingerprint density at radius 2 is 1.48 bits per heavy atom. The zero-order valence-corrected chi connectivity index (χ0v) is 16.9. The van der Waals surface area contributed by atoms with E-state index in [2.05, 4.69) is 69.1 Å². The molecule has 0 spiro atoms. The summed E-state index contributed by atoms with van der Waals surface area (Å²) in [6.07, 6.45) is 6.51. The Labute approximate surface area is 162 Å². The van der Waals surface area contributed by atoms with E-state index >= 15 is 0 Å². The van der Waals surface area contributed by atoms with Crippen LogP contribution in [0.25, 0.3) is 22.0 Å². The lowest BCUT2D eigenvalue weighted by Crippen LogP contribution is -2.34. The third-order valence-corrected chi connectivity index (χ3v) is 6.04. The molecule has 3 aromatic rings. The van der Waals surface area contributed by atoms with E-state index in [1.165, 1.54) is 65.1 Å². The van der Waals surface area contributed by atoms with Gasteiger partial charge in [-0.05, 0) is 44.7 Å². The first kappa shape index (κ1) is 18.0. The summed E-state index contributed by atoms with van der Waals surface area (Å²) in [7, 11) is 2.19. The zero-order valence-electron chi connectivity index (χ0n) is 16.9. The minimum absolute atomic E-state index is 0.574. The van der Waals surface area contributed by atoms with E-state index in [1.54, 1.807) is 0 Å². The molecule has 1 aliphatic carbocycles. The maximum Gasteiger partial charge on any atom is 0.159 e. The van der Waals surface area contributed by atoms with Crippen molar-refractivity contribution in [1.29, 1.82) is 0 Å². The third-order valence-electron chi connectivity index (χ3n) is 6.04. The molecule has 4 rings (SSSR count). The second kappa shape index (κ2) is 7.30. The van der Waals surface area contributed by atoms with Gasteiger partial charge in [-0.25, -0.2) is 0 Å². The van der Waals surface area contributed by atoms with Gasteiger partial charge in [-0.2, -0.15) is 0 Å². The predicted molar refractivity (Wildman–Crippen MR) is 114 cm³/mol. The fourth-order valence-corrected chi connectivity index (χ4v) is 4.73. The van der Waals surface area contributed by atoms with Crippen LogP contribution in [-0.2, 0) is 0 Å². The number of anilines is 1. The fraction of sp³-hybridized carbons (Fsp3) is 0.417. The van der Waals surface area contributed by atoms with E-state index in [4.69, 9.17) is 10.2 Å². The molecule has 3 nitrogen and oxygen atoms in total. The van der Waals surface area contributed by atoms with Gasteiger partial charge in [0.05, 0.1) is 0 Å². The van der Waals surface area contributed by atoms with E-state index in [9.17, 15) is 0 Å². The van der Waals surface area contributed by atoms with Crippen LogP contribution in [0.4, 0.5) is 5.82 Å². The molecule has 1 aliphatic rings. The van der Waals surface area contributed by atoms with Gasteiger partial charge in [-0.15, -0.1) is 10.2 Å². The summed E-state index contributed by atoms with van der Waals surface area (Å²) >= 11 is 0. The number of nitrogens with zero attached hydrogens (tertiary/aromatic N) is 3. The Morgan fingerprint density at radius 3 is 2.15 bits per heavy atom. The van der Waals surface area contributed by atoms with E-state index in [1.807, 2.05) is 0 Å². The van der Waals surface area contributed by atoms with Crippen molar-refractivity contribution in [2.24, 2.45) is 0 Å². The molecule has 140 valence electrons. The average Bonchev–Trinajstić information content (AvgIpc) is 2.67. The molecule has 0 bridgehead atoms. The van der Waals surface area contributed by atoms with Crippen molar-refractivity contribution in [2.75, 3.05) is 11.9 Å². The quantitative estimate of drug-likeness (QED) is 0.575. The van der Waals surface area contributed by atoms with Crippen LogP contribution in [0.1, 0.15) is 48.8 Å². The highest BCUT2D eigenvalue weighted by Crippen LogP contribution is 2.36. The monoisotopic (exact) mass is 359 g/mol. The van der Waals surface area contributed by atoms with Crippen LogP contribution in [-0.4, -0.2) is 23.3 Å². The first-order valence-electron chi connectivity index (χ1n) is 10.1. The van der Waals surface area contributed by atoms with Crippen LogP contribution in [0.2, 0.25) is 0 Å². The first-order valence-corrected chi connectivity index (χ1v) is 10.1. The van der Waals surface area contributed by atoms with Crippen molar-refractivity contribution in [2.45, 2.75) is 58.9 Å². The van der Waals surface area contributed by atoms with Gasteiger partial charge < -0.3 is 4.90 Å². The summed E-state index contributed by atoms with van der Waals surface area (Å²) in [5.41, 5.74) is 6.04. The molecule has 2 aromatic carbocycles. The number of rotatable bonds is 3. The number of hydrogen-bond donors (Lipinski definition) is 0. The standard InChI is InChI=1S/C24H29N3/c1-16-14-17(2)22(18(3)15-16)23-20-12-8-9-13-21(20)24(26-25-23)27(4)19-10-6-5-7-11-19/h8-9,12-15,19H,5-7,10-11H2,1-4H3. The second-order valence-corrected chi connectivity index (χ2v) is 8.09. The third kappa shape index (κ3) is 3.31. The fourth-order valence-electron chi connectivity index (χ4n) is 4.73. The van der Waals surface area contributed by atoms with Gasteiger partial charge in [0.1, 0.15) is 5.69 Å². The smallest absolute Gasteiger partial charge is 0.159 e.